The van der Waals surface area contributed by atoms with E-state index in [0.717, 1.165) is 27.4 Å². The molecule has 1 aliphatic heterocycles. The van der Waals surface area contributed by atoms with Gasteiger partial charge in [0.15, 0.2) is 0 Å². The van der Waals surface area contributed by atoms with Gasteiger partial charge in [0.05, 0.1) is 15.9 Å². The monoisotopic (exact) mass is 414 g/mol. The maximum Gasteiger partial charge on any atom is 0.263 e. The van der Waals surface area contributed by atoms with Crippen molar-refractivity contribution < 1.29 is 9.59 Å². The van der Waals surface area contributed by atoms with Crippen molar-refractivity contribution in [3.05, 3.63) is 88.8 Å². The van der Waals surface area contributed by atoms with Gasteiger partial charge in [-0.1, -0.05) is 66.4 Å². The molecule has 3 aromatic carbocycles. The highest BCUT2D eigenvalue weighted by molar-refractivity contribution is 8.26. The zero-order valence-electron chi connectivity index (χ0n) is 15.1. The van der Waals surface area contributed by atoms with Gasteiger partial charge in [0.2, 0.25) is 0 Å². The molecule has 5 rings (SSSR count). The lowest BCUT2D eigenvalue weighted by molar-refractivity contribution is -0.115. The zero-order chi connectivity index (χ0) is 20.0. The summed E-state index contributed by atoms with van der Waals surface area (Å²) in [5, 5.41) is 4.58. The molecule has 0 aliphatic carbocycles. The summed E-state index contributed by atoms with van der Waals surface area (Å²) in [4.78, 5) is 25.8. The number of para-hydroxylation sites is 1. The van der Waals surface area contributed by atoms with Crippen LogP contribution in [0.25, 0.3) is 27.9 Å². The molecule has 1 aliphatic rings. The van der Waals surface area contributed by atoms with Crippen LogP contribution >= 0.6 is 24.0 Å². The van der Waals surface area contributed by atoms with Crippen molar-refractivity contribution >= 4 is 68.0 Å². The van der Waals surface area contributed by atoms with Crippen LogP contribution in [0.4, 0.5) is 0 Å². The van der Waals surface area contributed by atoms with Crippen molar-refractivity contribution in [2.24, 2.45) is 0 Å². The van der Waals surface area contributed by atoms with E-state index in [-0.39, 0.29) is 11.8 Å². The predicted molar refractivity (Wildman–Crippen MR) is 122 cm³/mol. The van der Waals surface area contributed by atoms with Crippen LogP contribution in [0.2, 0.25) is 0 Å². The van der Waals surface area contributed by atoms with Crippen molar-refractivity contribution in [3.63, 3.8) is 0 Å². The number of aromatic nitrogens is 1. The number of nitrogens with zero attached hydrogens (tertiary/aromatic N) is 1. The maximum absolute atomic E-state index is 13.3. The number of amides is 1. The average Bonchev–Trinajstić information content (AvgIpc) is 3.24. The van der Waals surface area contributed by atoms with Crippen LogP contribution < -0.4 is 5.32 Å². The largest absolute Gasteiger partial charge is 0.307 e. The van der Waals surface area contributed by atoms with Gasteiger partial charge in [-0.2, -0.15) is 0 Å². The molecule has 6 heteroatoms. The maximum atomic E-state index is 13.3. The van der Waals surface area contributed by atoms with Gasteiger partial charge in [0.25, 0.3) is 11.8 Å². The first-order chi connectivity index (χ1) is 14.1. The van der Waals surface area contributed by atoms with Crippen LogP contribution in [-0.4, -0.2) is 20.7 Å². The fraction of sp³-hybridized carbons (Fsp3) is 0. The van der Waals surface area contributed by atoms with E-state index in [4.69, 9.17) is 12.2 Å². The zero-order valence-corrected chi connectivity index (χ0v) is 16.7. The minimum Gasteiger partial charge on any atom is -0.307 e. The highest BCUT2D eigenvalue weighted by Crippen LogP contribution is 2.32. The van der Waals surface area contributed by atoms with Gasteiger partial charge in [-0.05, 0) is 42.0 Å². The Morgan fingerprint density at radius 2 is 1.66 bits per heavy atom. The van der Waals surface area contributed by atoms with Crippen molar-refractivity contribution in [1.29, 1.82) is 0 Å². The highest BCUT2D eigenvalue weighted by Gasteiger charge is 2.22. The van der Waals surface area contributed by atoms with Crippen LogP contribution in [-0.2, 0) is 4.79 Å². The molecular weight excluding hydrogens is 400 g/mol. The lowest BCUT2D eigenvalue weighted by Crippen LogP contribution is -2.17. The summed E-state index contributed by atoms with van der Waals surface area (Å²) in [6.45, 7) is 0. The van der Waals surface area contributed by atoms with Crippen molar-refractivity contribution in [2.75, 3.05) is 0 Å². The first-order valence-corrected chi connectivity index (χ1v) is 10.2. The van der Waals surface area contributed by atoms with Crippen LogP contribution in [0.15, 0.2) is 77.7 Å². The number of benzene rings is 3. The van der Waals surface area contributed by atoms with Crippen molar-refractivity contribution in [2.45, 2.75) is 0 Å². The predicted octanol–water partition coefficient (Wildman–Crippen LogP) is 4.97. The van der Waals surface area contributed by atoms with E-state index in [1.54, 1.807) is 4.57 Å². The summed E-state index contributed by atoms with van der Waals surface area (Å²) in [6.07, 6.45) is 1.82. The van der Waals surface area contributed by atoms with Gasteiger partial charge in [0, 0.05) is 16.3 Å². The number of nitrogens with one attached hydrogen (secondary N) is 1. The highest BCUT2D eigenvalue weighted by atomic mass is 32.2. The van der Waals surface area contributed by atoms with Crippen molar-refractivity contribution in [3.8, 4) is 0 Å². The quantitative estimate of drug-likeness (QED) is 0.372. The molecule has 29 heavy (non-hydrogen) atoms. The molecule has 1 amide bonds. The Morgan fingerprint density at radius 1 is 0.931 bits per heavy atom. The third-order valence-electron chi connectivity index (χ3n) is 4.86. The number of fused-ring (bicyclic) bond motifs is 3. The fourth-order valence-corrected chi connectivity index (χ4v) is 4.63. The van der Waals surface area contributed by atoms with E-state index >= 15 is 0 Å². The number of carbonyl (C=O) groups is 2. The number of hydrogen-bond donors (Lipinski definition) is 1. The molecule has 0 atom stereocenters. The second-order valence-electron chi connectivity index (χ2n) is 6.65. The molecule has 1 fully saturated rings. The Hall–Kier alpha value is -3.22. The normalized spacial score (nSPS) is 15.4. The van der Waals surface area contributed by atoms with Crippen LogP contribution in [0, 0.1) is 0 Å². The van der Waals surface area contributed by atoms with Gasteiger partial charge >= 0.3 is 0 Å². The minimum atomic E-state index is -0.179. The molecule has 0 bridgehead atoms. The number of hydrogen-bond acceptors (Lipinski definition) is 4. The van der Waals surface area contributed by atoms with E-state index in [0.29, 0.717) is 14.8 Å². The number of thioether (sulfide) groups is 1. The Balaban J connectivity index is 1.71. The molecule has 4 aromatic rings. The van der Waals surface area contributed by atoms with Gasteiger partial charge in [0.1, 0.15) is 4.32 Å². The molecule has 140 valence electrons. The standard InChI is InChI=1S/C23H14N2O2S2/c26-21-20(29-23(28)24-21)13-14-10-11-19-17(12-14)16-8-4-5-9-18(16)25(19)22(27)15-6-2-1-3-7-15/h1-13H,(H,24,26,28). The third kappa shape index (κ3) is 3.06. The number of thiocarbonyl (C=S) groups is 1. The lowest BCUT2D eigenvalue weighted by Gasteiger charge is -2.06. The summed E-state index contributed by atoms with van der Waals surface area (Å²) in [5.74, 6) is -0.249. The second kappa shape index (κ2) is 6.99. The SMILES string of the molecule is O=C1NC(=S)SC1=Cc1ccc2c(c1)c1ccccc1n2C(=O)c1ccccc1. The molecule has 1 aromatic heterocycles. The molecular formula is C23H14N2O2S2. The Morgan fingerprint density at radius 3 is 2.41 bits per heavy atom. The van der Waals surface area contributed by atoms with E-state index in [1.165, 1.54) is 11.8 Å². The van der Waals surface area contributed by atoms with Crippen LogP contribution in [0.1, 0.15) is 15.9 Å². The van der Waals surface area contributed by atoms with Crippen LogP contribution in [0.5, 0.6) is 0 Å². The first kappa shape index (κ1) is 17.8. The molecule has 4 nitrogen and oxygen atoms in total. The smallest absolute Gasteiger partial charge is 0.263 e. The second-order valence-corrected chi connectivity index (χ2v) is 8.37. The van der Waals surface area contributed by atoms with Crippen LogP contribution in [0.3, 0.4) is 0 Å². The average molecular weight is 415 g/mol. The number of rotatable bonds is 2. The number of carbonyl (C=O) groups excluding carboxylic acids is 2. The summed E-state index contributed by atoms with van der Waals surface area (Å²) in [5.41, 5.74) is 3.21. The Bertz CT molecular complexity index is 1350. The minimum absolute atomic E-state index is 0.0704. The molecule has 0 radical (unpaired) electrons. The third-order valence-corrected chi connectivity index (χ3v) is 6.02. The lowest BCUT2D eigenvalue weighted by atomic mass is 10.1. The first-order valence-electron chi connectivity index (χ1n) is 8.99. The summed E-state index contributed by atoms with van der Waals surface area (Å²) in [6, 6.07) is 23.0. The molecule has 2 heterocycles. The fourth-order valence-electron chi connectivity index (χ4n) is 3.58. The summed E-state index contributed by atoms with van der Waals surface area (Å²) >= 11 is 6.31. The Kier molecular flexibility index (Phi) is 4.30. The van der Waals surface area contributed by atoms with E-state index in [2.05, 4.69) is 5.32 Å². The summed E-state index contributed by atoms with van der Waals surface area (Å²) in [7, 11) is 0. The molecule has 0 spiro atoms. The van der Waals surface area contributed by atoms with E-state index < -0.39 is 0 Å². The molecule has 1 N–H and O–H groups in total. The van der Waals surface area contributed by atoms with E-state index in [9.17, 15) is 9.59 Å². The topological polar surface area (TPSA) is 51.1 Å². The van der Waals surface area contributed by atoms with Crippen molar-refractivity contribution in [1.82, 2.24) is 9.88 Å². The van der Waals surface area contributed by atoms with E-state index in [1.807, 2.05) is 78.9 Å². The van der Waals surface area contributed by atoms with Gasteiger partial charge in [-0.15, -0.1) is 0 Å². The van der Waals surface area contributed by atoms with Gasteiger partial charge in [-0.25, -0.2) is 0 Å². The summed E-state index contributed by atoms with van der Waals surface area (Å²) < 4.78 is 2.22. The Labute approximate surface area is 176 Å². The van der Waals surface area contributed by atoms with Gasteiger partial charge in [-0.3, -0.25) is 14.2 Å². The molecule has 0 unspecified atom stereocenters. The van der Waals surface area contributed by atoms with Gasteiger partial charge < -0.3 is 5.32 Å². The molecule has 1 saturated heterocycles. The molecule has 0 saturated carbocycles.